The third kappa shape index (κ3) is 6.51. The topological polar surface area (TPSA) is 46.5 Å². The Labute approximate surface area is 353 Å². The maximum Gasteiger partial charge on any atom is 0.0955 e. The second-order valence-corrected chi connectivity index (χ2v) is 15.6. The number of aromatic amines is 1. The van der Waals surface area contributed by atoms with E-state index in [1.54, 1.807) is 0 Å². The molecule has 0 saturated heterocycles. The van der Waals surface area contributed by atoms with Gasteiger partial charge in [0.05, 0.1) is 52.8 Å². The number of fused-ring (bicyclic) bond motifs is 8. The van der Waals surface area contributed by atoms with Crippen LogP contribution in [0.3, 0.4) is 0 Å². The van der Waals surface area contributed by atoms with E-state index >= 15 is 0 Å². The first-order valence-electron chi connectivity index (χ1n) is 16.6. The molecule has 53 heavy (non-hydrogen) atoms. The first-order chi connectivity index (χ1) is 25.5. The van der Waals surface area contributed by atoms with Gasteiger partial charge >= 0.3 is 0 Å². The Kier molecular flexibility index (Phi) is 10.2. The van der Waals surface area contributed by atoms with Crippen LogP contribution in [-0.2, 0) is 19.5 Å². The van der Waals surface area contributed by atoms with Crippen LogP contribution in [0.2, 0.25) is 0 Å². The van der Waals surface area contributed by atoms with Gasteiger partial charge < -0.3 is 9.55 Å². The van der Waals surface area contributed by atoms with Gasteiger partial charge in [-0.2, -0.15) is 0 Å². The van der Waals surface area contributed by atoms with E-state index in [1.165, 1.54) is 0 Å². The number of benzene rings is 4. The van der Waals surface area contributed by atoms with Crippen LogP contribution >= 0.6 is 63.7 Å². The Balaban J connectivity index is 0.00000400. The quantitative estimate of drug-likeness (QED) is 0.179. The maximum atomic E-state index is 5.47. The van der Waals surface area contributed by atoms with Gasteiger partial charge in [-0.3, -0.25) is 0 Å². The van der Waals surface area contributed by atoms with Gasteiger partial charge in [-0.1, -0.05) is 109 Å². The van der Waals surface area contributed by atoms with E-state index in [4.69, 9.17) is 9.97 Å². The third-order valence-corrected chi connectivity index (χ3v) is 12.7. The van der Waals surface area contributed by atoms with Gasteiger partial charge in [0.2, 0.25) is 0 Å². The van der Waals surface area contributed by atoms with Gasteiger partial charge in [0.25, 0.3) is 0 Å². The number of nitrogens with zero attached hydrogens (tertiary/aromatic N) is 3. The number of para-hydroxylation sites is 1. The van der Waals surface area contributed by atoms with Gasteiger partial charge in [0, 0.05) is 51.8 Å². The van der Waals surface area contributed by atoms with Crippen molar-refractivity contribution in [3.63, 3.8) is 0 Å². The van der Waals surface area contributed by atoms with Gasteiger partial charge in [0.1, 0.15) is 0 Å². The molecule has 0 spiro atoms. The number of nitrogens with one attached hydrogen (secondary N) is 1. The van der Waals surface area contributed by atoms with Gasteiger partial charge in [0.15, 0.2) is 0 Å². The van der Waals surface area contributed by atoms with Crippen molar-refractivity contribution in [2.75, 3.05) is 0 Å². The van der Waals surface area contributed by atoms with Crippen LogP contribution in [0.25, 0.3) is 82.3 Å². The Morgan fingerprint density at radius 1 is 0.509 bits per heavy atom. The molecule has 0 amide bonds. The zero-order valence-corrected chi connectivity index (χ0v) is 37.3. The molecular weight excluding hydrogens is 970 g/mol. The van der Waals surface area contributed by atoms with Gasteiger partial charge in [-0.15, -0.1) is 0 Å². The van der Waals surface area contributed by atoms with Crippen LogP contribution in [0.5, 0.6) is 0 Å². The average Bonchev–Trinajstić information content (AvgIpc) is 3.94. The smallest absolute Gasteiger partial charge is 0.0955 e. The Bertz CT molecular complexity index is 2760. The van der Waals surface area contributed by atoms with Crippen molar-refractivity contribution in [3.8, 4) is 39.1 Å². The Hall–Kier alpha value is -3.98. The monoisotopic (exact) mass is 990 g/mol. The first-order valence-corrected chi connectivity index (χ1v) is 19.8. The van der Waals surface area contributed by atoms with Crippen molar-refractivity contribution < 1.29 is 19.5 Å². The fourth-order valence-corrected chi connectivity index (χ4v) is 9.60. The summed E-state index contributed by atoms with van der Waals surface area (Å²) in [4.78, 5) is 14.2. The third-order valence-electron chi connectivity index (χ3n) is 9.20. The summed E-state index contributed by atoms with van der Waals surface area (Å²) >= 11 is 15.7. The van der Waals surface area contributed by atoms with Crippen molar-refractivity contribution in [2.45, 2.75) is 0 Å². The second-order valence-electron chi connectivity index (χ2n) is 12.4. The van der Waals surface area contributed by atoms with Crippen LogP contribution in [0, 0.1) is 0 Å². The van der Waals surface area contributed by atoms with Gasteiger partial charge in [-0.05, 0) is 123 Å². The average molecular weight is 996 g/mol. The summed E-state index contributed by atoms with van der Waals surface area (Å²) in [5.74, 6) is 0. The molecule has 4 nitrogen and oxygen atoms in total. The standard InChI is InChI=1S/C44H26Br4N4.Zn/c45-33-24-31-23-29-21-22-30(49-29)25-34-35(26-13-5-1-6-14-26)36(27-15-7-2-8-16-27)44(52(34)32-19-11-4-12-20-32)37(28-17-9-3-10-18-28)42-38(46)39(47)43(51-42)40(48)41(33)50-31;/h1-25,50H;. The van der Waals surface area contributed by atoms with Crippen molar-refractivity contribution in [2.24, 2.45) is 0 Å². The van der Waals surface area contributed by atoms with Crippen LogP contribution in [-0.4, -0.2) is 19.5 Å². The maximum absolute atomic E-state index is 5.47. The summed E-state index contributed by atoms with van der Waals surface area (Å²) < 4.78 is 5.81. The summed E-state index contributed by atoms with van der Waals surface area (Å²) in [5.41, 5.74) is 14.5. The van der Waals surface area contributed by atoms with Crippen molar-refractivity contribution in [1.29, 1.82) is 0 Å². The van der Waals surface area contributed by atoms with Crippen molar-refractivity contribution in [3.05, 3.63) is 171 Å². The number of hydrogen-bond donors (Lipinski definition) is 1. The van der Waals surface area contributed by atoms with E-state index in [1.807, 2.05) is 0 Å². The second kappa shape index (κ2) is 15.0. The molecule has 4 aromatic carbocycles. The normalized spacial score (nSPS) is 12.2. The molecule has 3 aromatic heterocycles. The largest absolute Gasteiger partial charge is 0.354 e. The van der Waals surface area contributed by atoms with Crippen LogP contribution in [0.15, 0.2) is 148 Å². The molecule has 0 aliphatic carbocycles. The number of halogens is 4. The fourth-order valence-electron chi connectivity index (χ4n) is 6.97. The molecule has 9 heteroatoms. The molecule has 8 bridgehead atoms. The molecule has 7 aromatic rings. The number of rotatable bonds is 4. The molecule has 9 rings (SSSR count). The zero-order valence-electron chi connectivity index (χ0n) is 28.0. The number of hydrogen-bond acceptors (Lipinski definition) is 2. The van der Waals surface area contributed by atoms with E-state index in [9.17, 15) is 0 Å². The van der Waals surface area contributed by atoms with Crippen LogP contribution in [0.4, 0.5) is 0 Å². The Morgan fingerprint density at radius 2 is 1.02 bits per heavy atom. The molecule has 2 aliphatic rings. The predicted molar refractivity (Wildman–Crippen MR) is 231 cm³/mol. The van der Waals surface area contributed by atoms with E-state index < -0.39 is 0 Å². The SMILES string of the molecule is BrC1=C(Br)c2nc1c(Br)c1[nH]c(cc3nc(cc4c(-c5ccccc5)c(-c5ccccc5)c(c2-c2ccccc2)n4-c2ccccc2)C=C3)cc1Br.[Zn]. The molecule has 252 valence electrons. The zero-order chi connectivity index (χ0) is 35.3. The molecule has 0 radical (unpaired) electrons. The molecule has 1 N–H and O–H groups in total. The van der Waals surface area contributed by atoms with E-state index in [0.717, 1.165) is 102 Å². The van der Waals surface area contributed by atoms with Gasteiger partial charge in [-0.25, -0.2) is 9.97 Å². The van der Waals surface area contributed by atoms with Crippen LogP contribution in [0.1, 0.15) is 22.8 Å². The number of H-pyrrole nitrogens is 1. The summed E-state index contributed by atoms with van der Waals surface area (Å²) in [5, 5.41) is 0. The summed E-state index contributed by atoms with van der Waals surface area (Å²) in [6, 6.07) is 48.8. The van der Waals surface area contributed by atoms with Crippen molar-refractivity contribution in [1.82, 2.24) is 19.5 Å². The molecule has 0 saturated carbocycles. The van der Waals surface area contributed by atoms with E-state index in [2.05, 4.69) is 225 Å². The minimum atomic E-state index is 0. The minimum Gasteiger partial charge on any atom is -0.354 e. The number of aromatic nitrogens is 4. The summed E-state index contributed by atoms with van der Waals surface area (Å²) in [6.45, 7) is 0. The first kappa shape index (κ1) is 36.0. The van der Waals surface area contributed by atoms with E-state index in [0.29, 0.717) is 0 Å². The fraction of sp³-hybridized carbons (Fsp3) is 0. The molecule has 5 heterocycles. The molecule has 0 atom stereocenters. The summed E-state index contributed by atoms with van der Waals surface area (Å²) in [7, 11) is 0. The van der Waals surface area contributed by atoms with Crippen LogP contribution < -0.4 is 0 Å². The summed E-state index contributed by atoms with van der Waals surface area (Å²) in [6.07, 6.45) is 4.15. The van der Waals surface area contributed by atoms with E-state index in [-0.39, 0.29) is 19.5 Å². The molecule has 2 aliphatic heterocycles. The Morgan fingerprint density at radius 3 is 1.62 bits per heavy atom. The minimum absolute atomic E-state index is 0. The molecule has 0 unspecified atom stereocenters. The molecular formula is C44H26Br4N4Zn. The molecule has 0 fully saturated rings. The van der Waals surface area contributed by atoms with Crippen molar-refractivity contribution >= 4 is 107 Å². The predicted octanol–water partition coefficient (Wildman–Crippen LogP) is 14.1.